The van der Waals surface area contributed by atoms with Crippen molar-refractivity contribution in [2.75, 3.05) is 6.61 Å². The largest absolute Gasteiger partial charge is 0.445 e. The molecule has 1 saturated heterocycles. The molecule has 0 aliphatic carbocycles. The van der Waals surface area contributed by atoms with Gasteiger partial charge in [0, 0.05) is 0 Å². The van der Waals surface area contributed by atoms with Crippen molar-refractivity contribution in [3.05, 3.63) is 35.9 Å². The zero-order valence-corrected chi connectivity index (χ0v) is 11.5. The molecule has 0 spiro atoms. The number of benzene rings is 1. The van der Waals surface area contributed by atoms with Crippen molar-refractivity contribution in [2.45, 2.75) is 39.0 Å². The monoisotopic (exact) mass is 263 g/mol. The second-order valence-corrected chi connectivity index (χ2v) is 5.31. The fourth-order valence-corrected chi connectivity index (χ4v) is 2.02. The fourth-order valence-electron chi connectivity index (χ4n) is 2.02. The van der Waals surface area contributed by atoms with Gasteiger partial charge in [0.25, 0.3) is 0 Å². The topological polar surface area (TPSA) is 50.9 Å². The third kappa shape index (κ3) is 4.91. The molecule has 1 aliphatic rings. The van der Waals surface area contributed by atoms with Gasteiger partial charge in [-0.2, -0.15) is 0 Å². The van der Waals surface area contributed by atoms with Crippen LogP contribution in [-0.2, 0) is 16.1 Å². The molecule has 0 aromatic heterocycles. The maximum Gasteiger partial charge on any atom is 0.407 e. The van der Waals surface area contributed by atoms with Gasteiger partial charge in [0.2, 0.25) is 0 Å². The van der Waals surface area contributed by atoms with Crippen molar-refractivity contribution in [1.82, 2.24) is 5.32 Å². The van der Waals surface area contributed by atoms with Crippen LogP contribution in [0.1, 0.15) is 25.8 Å². The molecule has 0 saturated carbocycles. The summed E-state index contributed by atoms with van der Waals surface area (Å²) in [6.07, 6.45) is 0.696. The highest BCUT2D eigenvalue weighted by Crippen LogP contribution is 2.20. The molecular weight excluding hydrogens is 242 g/mol. The van der Waals surface area contributed by atoms with Gasteiger partial charge < -0.3 is 14.8 Å². The molecule has 0 unspecified atom stereocenters. The third-order valence-corrected chi connectivity index (χ3v) is 3.05. The Labute approximate surface area is 114 Å². The number of hydrogen-bond acceptors (Lipinski definition) is 3. The van der Waals surface area contributed by atoms with Gasteiger partial charge in [0.1, 0.15) is 12.7 Å². The molecule has 2 rings (SSSR count). The number of alkyl carbamates (subject to hydrolysis) is 1. The summed E-state index contributed by atoms with van der Waals surface area (Å²) in [5.41, 5.74) is 0.987. The van der Waals surface area contributed by atoms with Gasteiger partial charge in [0.05, 0.1) is 12.6 Å². The number of nitrogens with one attached hydrogen (secondary N) is 1. The van der Waals surface area contributed by atoms with Crippen molar-refractivity contribution in [2.24, 2.45) is 5.92 Å². The third-order valence-electron chi connectivity index (χ3n) is 3.05. The van der Waals surface area contributed by atoms with Crippen molar-refractivity contribution in [3.8, 4) is 0 Å². The van der Waals surface area contributed by atoms with Crippen molar-refractivity contribution in [3.63, 3.8) is 0 Å². The molecule has 4 nitrogen and oxygen atoms in total. The molecular formula is C15H21NO3. The van der Waals surface area contributed by atoms with Crippen LogP contribution < -0.4 is 5.32 Å². The lowest BCUT2D eigenvalue weighted by Gasteiger charge is -2.18. The minimum Gasteiger partial charge on any atom is -0.445 e. The van der Waals surface area contributed by atoms with E-state index in [1.807, 2.05) is 30.3 Å². The Kier molecular flexibility index (Phi) is 4.80. The number of carbonyl (C=O) groups is 1. The van der Waals surface area contributed by atoms with E-state index < -0.39 is 0 Å². The molecule has 104 valence electrons. The average molecular weight is 263 g/mol. The molecule has 1 amide bonds. The van der Waals surface area contributed by atoms with Gasteiger partial charge in [-0.1, -0.05) is 44.2 Å². The Hall–Kier alpha value is -1.55. The highest BCUT2D eigenvalue weighted by molar-refractivity contribution is 5.67. The summed E-state index contributed by atoms with van der Waals surface area (Å²) >= 11 is 0. The molecule has 4 heteroatoms. The molecule has 1 aromatic carbocycles. The van der Waals surface area contributed by atoms with Crippen LogP contribution in [0.3, 0.4) is 0 Å². The summed E-state index contributed by atoms with van der Waals surface area (Å²) in [4.78, 5) is 11.8. The number of ether oxygens (including phenoxy) is 2. The van der Waals surface area contributed by atoms with Crippen molar-refractivity contribution >= 4 is 6.09 Å². The first-order chi connectivity index (χ1) is 9.15. The predicted molar refractivity (Wildman–Crippen MR) is 72.7 cm³/mol. The van der Waals surface area contributed by atoms with Crippen molar-refractivity contribution < 1.29 is 14.3 Å². The van der Waals surface area contributed by atoms with E-state index in [0.29, 0.717) is 12.5 Å². The second-order valence-electron chi connectivity index (χ2n) is 5.31. The van der Waals surface area contributed by atoms with Crippen LogP contribution in [0.25, 0.3) is 0 Å². The minimum atomic E-state index is -0.370. The quantitative estimate of drug-likeness (QED) is 0.803. The van der Waals surface area contributed by atoms with Crippen LogP contribution in [0.4, 0.5) is 4.79 Å². The van der Waals surface area contributed by atoms with Crippen LogP contribution in [0.2, 0.25) is 0 Å². The van der Waals surface area contributed by atoms with Crippen LogP contribution in [0.5, 0.6) is 0 Å². The van der Waals surface area contributed by atoms with Crippen LogP contribution in [0.15, 0.2) is 30.3 Å². The van der Waals surface area contributed by atoms with Gasteiger partial charge >= 0.3 is 6.09 Å². The molecule has 19 heavy (non-hydrogen) atoms. The molecule has 1 heterocycles. The normalized spacial score (nSPS) is 19.0. The number of rotatable bonds is 6. The van der Waals surface area contributed by atoms with E-state index in [1.54, 1.807) is 0 Å². The van der Waals surface area contributed by atoms with E-state index >= 15 is 0 Å². The zero-order valence-electron chi connectivity index (χ0n) is 11.5. The molecule has 2 atom stereocenters. The highest BCUT2D eigenvalue weighted by atomic mass is 16.6. The second kappa shape index (κ2) is 6.57. The summed E-state index contributed by atoms with van der Waals surface area (Å²) in [6, 6.07) is 9.72. The Morgan fingerprint density at radius 2 is 2.11 bits per heavy atom. The van der Waals surface area contributed by atoms with E-state index in [9.17, 15) is 4.79 Å². The van der Waals surface area contributed by atoms with Gasteiger partial charge in [-0.25, -0.2) is 4.79 Å². The van der Waals surface area contributed by atoms with Gasteiger partial charge in [-0.05, 0) is 17.9 Å². The molecule has 0 radical (unpaired) electrons. The molecule has 1 fully saturated rings. The zero-order chi connectivity index (χ0) is 13.7. The number of amides is 1. The lowest BCUT2D eigenvalue weighted by atomic mass is 10.0. The summed E-state index contributed by atoms with van der Waals surface area (Å²) in [5, 5.41) is 2.89. The van der Waals surface area contributed by atoms with E-state index in [2.05, 4.69) is 19.2 Å². The smallest absolute Gasteiger partial charge is 0.407 e. The maximum atomic E-state index is 11.8. The van der Waals surface area contributed by atoms with Gasteiger partial charge in [-0.3, -0.25) is 0 Å². The molecule has 1 aliphatic heterocycles. The van der Waals surface area contributed by atoms with E-state index in [4.69, 9.17) is 9.47 Å². The Morgan fingerprint density at radius 3 is 2.68 bits per heavy atom. The van der Waals surface area contributed by atoms with E-state index in [1.165, 1.54) is 0 Å². The summed E-state index contributed by atoms with van der Waals surface area (Å²) in [5.74, 6) is 0.517. The first-order valence-electron chi connectivity index (χ1n) is 6.74. The van der Waals surface area contributed by atoms with Crippen LogP contribution >= 0.6 is 0 Å². The summed E-state index contributed by atoms with van der Waals surface area (Å²) in [7, 11) is 0. The summed E-state index contributed by atoms with van der Waals surface area (Å²) < 4.78 is 10.5. The predicted octanol–water partition coefficient (Wildman–Crippen LogP) is 2.73. The minimum absolute atomic E-state index is 0.0586. The van der Waals surface area contributed by atoms with Crippen LogP contribution in [-0.4, -0.2) is 24.8 Å². The van der Waals surface area contributed by atoms with Crippen LogP contribution in [0, 0.1) is 5.92 Å². The fraction of sp³-hybridized carbons (Fsp3) is 0.533. The Morgan fingerprint density at radius 1 is 1.42 bits per heavy atom. The molecule has 1 aromatic rings. The van der Waals surface area contributed by atoms with Gasteiger partial charge in [-0.15, -0.1) is 0 Å². The Bertz CT molecular complexity index is 401. The highest BCUT2D eigenvalue weighted by Gasteiger charge is 2.34. The first kappa shape index (κ1) is 13.9. The van der Waals surface area contributed by atoms with E-state index in [0.717, 1.165) is 18.6 Å². The first-order valence-corrected chi connectivity index (χ1v) is 6.74. The summed E-state index contributed by atoms with van der Waals surface area (Å²) in [6.45, 7) is 5.29. The average Bonchev–Trinajstić information content (AvgIpc) is 3.20. The number of hydrogen-bond donors (Lipinski definition) is 1. The maximum absolute atomic E-state index is 11.8. The molecule has 0 bridgehead atoms. The molecule has 1 N–H and O–H groups in total. The van der Waals surface area contributed by atoms with Gasteiger partial charge in [0.15, 0.2) is 0 Å². The number of epoxide rings is 1. The Balaban J connectivity index is 1.76. The SMILES string of the molecule is CC(C)C[C@@H](NC(=O)OCc1ccccc1)[C@H]1CO1. The lowest BCUT2D eigenvalue weighted by Crippen LogP contribution is -2.40. The standard InChI is InChI=1S/C15H21NO3/c1-11(2)8-13(14-10-18-14)16-15(17)19-9-12-6-4-3-5-7-12/h3-7,11,13-14H,8-10H2,1-2H3,(H,16,17)/t13-,14-/m1/s1. The van der Waals surface area contributed by atoms with E-state index in [-0.39, 0.29) is 18.2 Å². The lowest BCUT2D eigenvalue weighted by molar-refractivity contribution is 0.131. The number of carbonyl (C=O) groups excluding carboxylic acids is 1. The van der Waals surface area contributed by atoms with Crippen molar-refractivity contribution in [1.29, 1.82) is 0 Å².